The molecule has 0 aliphatic carbocycles. The van der Waals surface area contributed by atoms with Crippen LogP contribution in [0.1, 0.15) is 50.5 Å². The molecule has 1 aliphatic rings. The highest BCUT2D eigenvalue weighted by Crippen LogP contribution is 2.38. The van der Waals surface area contributed by atoms with Crippen LogP contribution < -0.4 is 0 Å². The van der Waals surface area contributed by atoms with Crippen molar-refractivity contribution in [3.63, 3.8) is 0 Å². The summed E-state index contributed by atoms with van der Waals surface area (Å²) in [5.41, 5.74) is 2.32. The van der Waals surface area contributed by atoms with Crippen molar-refractivity contribution in [1.29, 1.82) is 0 Å². The van der Waals surface area contributed by atoms with Gasteiger partial charge in [-0.25, -0.2) is 0 Å². The maximum atomic E-state index is 12.0. The number of carbonyl (C=O) groups is 4. The molecule has 0 spiro atoms. The van der Waals surface area contributed by atoms with E-state index in [4.69, 9.17) is 28.4 Å². The van der Waals surface area contributed by atoms with E-state index in [9.17, 15) is 19.2 Å². The minimum Gasteiger partial charge on any atom is -0.455 e. The predicted molar refractivity (Wildman–Crippen MR) is 117 cm³/mol. The third-order valence-corrected chi connectivity index (χ3v) is 4.88. The zero-order chi connectivity index (χ0) is 25.4. The van der Waals surface area contributed by atoms with Gasteiger partial charge >= 0.3 is 23.9 Å². The maximum Gasteiger partial charge on any atom is 0.305 e. The molecule has 34 heavy (non-hydrogen) atoms. The van der Waals surface area contributed by atoms with Crippen molar-refractivity contribution in [3.05, 3.63) is 47.5 Å². The minimum atomic E-state index is -1.43. The molecule has 0 bridgehead atoms. The fraction of sp³-hybridized carbons (Fsp3) is 0.500. The van der Waals surface area contributed by atoms with Gasteiger partial charge in [-0.1, -0.05) is 24.3 Å². The Kier molecular flexibility index (Phi) is 9.76. The van der Waals surface area contributed by atoms with Gasteiger partial charge in [-0.3, -0.25) is 19.2 Å². The summed E-state index contributed by atoms with van der Waals surface area (Å²) in [4.78, 5) is 47.4. The van der Waals surface area contributed by atoms with Crippen LogP contribution in [0.2, 0.25) is 0 Å². The summed E-state index contributed by atoms with van der Waals surface area (Å²) in [6.07, 6.45) is -4.71. The number of hydrogen-bond acceptors (Lipinski definition) is 10. The van der Waals surface area contributed by atoms with Crippen molar-refractivity contribution in [2.45, 2.75) is 71.9 Å². The highest BCUT2D eigenvalue weighted by Gasteiger charge is 2.53. The predicted octanol–water partition coefficient (Wildman–Crippen LogP) is 2.45. The van der Waals surface area contributed by atoms with Crippen LogP contribution in [0.5, 0.6) is 0 Å². The first-order chi connectivity index (χ1) is 16.0. The van der Waals surface area contributed by atoms with Gasteiger partial charge in [0, 0.05) is 27.7 Å². The lowest BCUT2D eigenvalue weighted by Gasteiger charge is -2.44. The molecule has 10 nitrogen and oxygen atoms in total. The quantitative estimate of drug-likeness (QED) is 0.226. The second kappa shape index (κ2) is 12.3. The molecule has 1 aromatic carbocycles. The molecule has 1 heterocycles. The molecule has 5 atom stereocenters. The van der Waals surface area contributed by atoms with Crippen molar-refractivity contribution < 1.29 is 47.6 Å². The van der Waals surface area contributed by atoms with Crippen molar-refractivity contribution in [2.24, 2.45) is 0 Å². The van der Waals surface area contributed by atoms with Gasteiger partial charge in [0.05, 0.1) is 13.2 Å². The van der Waals surface area contributed by atoms with E-state index in [2.05, 4.69) is 6.58 Å². The van der Waals surface area contributed by atoms with E-state index < -0.39 is 54.6 Å². The molecule has 1 aromatic rings. The molecule has 0 saturated carbocycles. The molecular formula is C24H30O10. The van der Waals surface area contributed by atoms with Gasteiger partial charge < -0.3 is 28.4 Å². The normalized spacial score (nSPS) is 24.0. The van der Waals surface area contributed by atoms with Crippen molar-refractivity contribution in [3.8, 4) is 0 Å². The van der Waals surface area contributed by atoms with Gasteiger partial charge in [-0.2, -0.15) is 0 Å². The Bertz CT molecular complexity index is 924. The molecule has 10 heteroatoms. The van der Waals surface area contributed by atoms with Gasteiger partial charge in [-0.15, -0.1) is 6.58 Å². The molecule has 0 aromatic heterocycles. The number of ether oxygens (including phenoxy) is 6. The Morgan fingerprint density at radius 3 is 2.00 bits per heavy atom. The summed E-state index contributed by atoms with van der Waals surface area (Å²) in [7, 11) is 0. The van der Waals surface area contributed by atoms with E-state index in [0.717, 1.165) is 31.9 Å². The van der Waals surface area contributed by atoms with Crippen LogP contribution >= 0.6 is 0 Å². The molecule has 0 amide bonds. The Balaban J connectivity index is 2.56. The third-order valence-electron chi connectivity index (χ3n) is 4.88. The summed E-state index contributed by atoms with van der Waals surface area (Å²) in [5, 5.41) is 0. The number of rotatable bonds is 9. The van der Waals surface area contributed by atoms with Crippen LogP contribution in [0.4, 0.5) is 0 Å². The zero-order valence-electron chi connectivity index (χ0n) is 19.9. The molecule has 186 valence electrons. The molecule has 1 unspecified atom stereocenters. The number of hydrogen-bond donors (Lipinski definition) is 0. The van der Waals surface area contributed by atoms with E-state index in [1.807, 2.05) is 13.0 Å². The Morgan fingerprint density at radius 1 is 0.882 bits per heavy atom. The summed E-state index contributed by atoms with van der Waals surface area (Å²) >= 11 is 0. The smallest absolute Gasteiger partial charge is 0.305 e. The molecule has 1 saturated heterocycles. The Morgan fingerprint density at radius 2 is 1.44 bits per heavy atom. The first kappa shape index (κ1) is 27.0. The van der Waals surface area contributed by atoms with Crippen LogP contribution in [-0.2, 0) is 54.2 Å². The molecule has 0 radical (unpaired) electrons. The highest BCUT2D eigenvalue weighted by molar-refractivity contribution is 5.69. The Hall–Kier alpha value is -3.24. The fourth-order valence-electron chi connectivity index (χ4n) is 3.58. The van der Waals surface area contributed by atoms with Gasteiger partial charge in [0.25, 0.3) is 0 Å². The summed E-state index contributed by atoms with van der Waals surface area (Å²) in [5.74, 6) is -2.84. The molecule has 2 rings (SSSR count). The first-order valence-corrected chi connectivity index (χ1v) is 10.7. The number of esters is 4. The van der Waals surface area contributed by atoms with Gasteiger partial charge in [0.2, 0.25) is 12.4 Å². The maximum absolute atomic E-state index is 12.0. The zero-order valence-corrected chi connectivity index (χ0v) is 19.9. The van der Waals surface area contributed by atoms with Crippen LogP contribution in [0.15, 0.2) is 30.9 Å². The average Bonchev–Trinajstić information content (AvgIpc) is 2.72. The topological polar surface area (TPSA) is 124 Å². The Labute approximate surface area is 198 Å². The lowest BCUT2D eigenvalue weighted by atomic mass is 9.91. The van der Waals surface area contributed by atoms with Crippen LogP contribution in [0.25, 0.3) is 0 Å². The lowest BCUT2D eigenvalue weighted by Crippen LogP contribution is -2.59. The molecule has 0 N–H and O–H groups in total. The standard InChI is InChI=1S/C24H30O10/c1-7-10-29-12-19-11-18(9-8-13(19)2)20-21(30-14(3)25)22(31-15(4)26)23(32-16(5)27)24(34-20)33-17(6)28/h7-9,11,20-24H,1,10,12H2,2-6H3/t20-,21-,22+,23-,24?/m0/s1. The lowest BCUT2D eigenvalue weighted by molar-refractivity contribution is -0.298. The average molecular weight is 478 g/mol. The first-order valence-electron chi connectivity index (χ1n) is 10.7. The molecular weight excluding hydrogens is 448 g/mol. The van der Waals surface area contributed by atoms with Gasteiger partial charge in [0.15, 0.2) is 12.2 Å². The minimum absolute atomic E-state index is 0.285. The summed E-state index contributed by atoms with van der Waals surface area (Å²) < 4.78 is 33.0. The van der Waals surface area contributed by atoms with E-state index in [1.165, 1.54) is 6.92 Å². The summed E-state index contributed by atoms with van der Waals surface area (Å²) in [6, 6.07) is 5.37. The molecule has 1 aliphatic heterocycles. The van der Waals surface area contributed by atoms with Crippen molar-refractivity contribution in [1.82, 2.24) is 0 Å². The van der Waals surface area contributed by atoms with Gasteiger partial charge in [0.1, 0.15) is 6.10 Å². The highest BCUT2D eigenvalue weighted by atomic mass is 16.7. The van der Waals surface area contributed by atoms with Crippen molar-refractivity contribution in [2.75, 3.05) is 6.61 Å². The fourth-order valence-corrected chi connectivity index (χ4v) is 3.58. The third kappa shape index (κ3) is 7.39. The summed E-state index contributed by atoms with van der Waals surface area (Å²) in [6.45, 7) is 10.8. The largest absolute Gasteiger partial charge is 0.455 e. The van der Waals surface area contributed by atoms with E-state index in [0.29, 0.717) is 12.2 Å². The second-order valence-electron chi connectivity index (χ2n) is 7.75. The van der Waals surface area contributed by atoms with Crippen LogP contribution in [-0.4, -0.2) is 55.1 Å². The monoisotopic (exact) mass is 478 g/mol. The van der Waals surface area contributed by atoms with Crippen LogP contribution in [0, 0.1) is 6.92 Å². The number of aryl methyl sites for hydroxylation is 1. The van der Waals surface area contributed by atoms with Crippen molar-refractivity contribution >= 4 is 23.9 Å². The second-order valence-corrected chi connectivity index (χ2v) is 7.75. The van der Waals surface area contributed by atoms with E-state index in [1.54, 1.807) is 18.2 Å². The van der Waals surface area contributed by atoms with Crippen LogP contribution in [0.3, 0.4) is 0 Å². The van der Waals surface area contributed by atoms with E-state index in [-0.39, 0.29) is 6.61 Å². The number of benzene rings is 1. The van der Waals surface area contributed by atoms with E-state index >= 15 is 0 Å². The SMILES string of the molecule is C=CCOCc1cc([C@@H]2OC(OC(C)=O)[C@@H](OC(C)=O)[C@H](OC(C)=O)[C@H]2OC(C)=O)ccc1C. The molecule has 1 fully saturated rings. The number of carbonyl (C=O) groups excluding carboxylic acids is 4. The van der Waals surface area contributed by atoms with Gasteiger partial charge in [-0.05, 0) is 23.6 Å².